The van der Waals surface area contributed by atoms with Gasteiger partial charge in [-0.15, -0.1) is 0 Å². The second-order valence-corrected chi connectivity index (χ2v) is 6.58. The maximum absolute atomic E-state index is 12.2. The van der Waals surface area contributed by atoms with E-state index in [1.165, 1.54) is 32.1 Å². The molecule has 116 valence electrons. The number of carbonyl (C=O) groups excluding carboxylic acids is 1. The monoisotopic (exact) mass is 282 g/mol. The van der Waals surface area contributed by atoms with Gasteiger partial charge in [0, 0.05) is 19.7 Å². The lowest BCUT2D eigenvalue weighted by Gasteiger charge is -2.32. The zero-order valence-electron chi connectivity index (χ0n) is 12.9. The summed E-state index contributed by atoms with van der Waals surface area (Å²) in [6, 6.07) is 0. The molecule has 2 N–H and O–H groups in total. The van der Waals surface area contributed by atoms with Crippen LogP contribution in [0.1, 0.15) is 58.3 Å². The van der Waals surface area contributed by atoms with E-state index in [2.05, 4.69) is 17.6 Å². The molecule has 0 aromatic heterocycles. The van der Waals surface area contributed by atoms with Crippen LogP contribution in [0.25, 0.3) is 0 Å². The fourth-order valence-electron chi connectivity index (χ4n) is 3.22. The predicted octanol–water partition coefficient (Wildman–Crippen LogP) is 2.23. The summed E-state index contributed by atoms with van der Waals surface area (Å²) in [7, 11) is 0. The van der Waals surface area contributed by atoms with Crippen molar-refractivity contribution in [1.29, 1.82) is 0 Å². The maximum atomic E-state index is 12.2. The van der Waals surface area contributed by atoms with E-state index in [-0.39, 0.29) is 11.3 Å². The van der Waals surface area contributed by atoms with Crippen LogP contribution in [0.15, 0.2) is 0 Å². The molecular weight excluding hydrogens is 252 g/mol. The van der Waals surface area contributed by atoms with Crippen molar-refractivity contribution in [2.45, 2.75) is 64.4 Å². The van der Waals surface area contributed by atoms with E-state index in [9.17, 15) is 4.79 Å². The molecule has 0 bridgehead atoms. The number of hydrogen-bond donors (Lipinski definition) is 2. The van der Waals surface area contributed by atoms with E-state index < -0.39 is 0 Å². The van der Waals surface area contributed by atoms with E-state index in [4.69, 9.17) is 4.74 Å². The Morgan fingerprint density at radius 1 is 1.30 bits per heavy atom. The molecular formula is C16H30N2O2. The van der Waals surface area contributed by atoms with Gasteiger partial charge in [-0.2, -0.15) is 0 Å². The summed E-state index contributed by atoms with van der Waals surface area (Å²) in [6.07, 6.45) is 9.90. The Bertz CT molecular complexity index is 295. The van der Waals surface area contributed by atoms with Crippen LogP contribution in [0.2, 0.25) is 0 Å². The Balaban J connectivity index is 1.54. The van der Waals surface area contributed by atoms with Crippen molar-refractivity contribution in [1.82, 2.24) is 10.6 Å². The van der Waals surface area contributed by atoms with E-state index >= 15 is 0 Å². The number of rotatable bonds is 6. The van der Waals surface area contributed by atoms with Crippen LogP contribution in [0.5, 0.6) is 0 Å². The normalized spacial score (nSPS) is 28.2. The van der Waals surface area contributed by atoms with Gasteiger partial charge in [0.15, 0.2) is 0 Å². The Kier molecular flexibility index (Phi) is 6.30. The van der Waals surface area contributed by atoms with Crippen molar-refractivity contribution >= 4 is 5.91 Å². The van der Waals surface area contributed by atoms with E-state index in [0.717, 1.165) is 45.5 Å². The first-order chi connectivity index (χ1) is 9.71. The molecule has 2 fully saturated rings. The lowest BCUT2D eigenvalue weighted by Crippen LogP contribution is -2.48. The average Bonchev–Trinajstić information content (AvgIpc) is 2.48. The zero-order chi connectivity index (χ0) is 14.3. The topological polar surface area (TPSA) is 50.4 Å². The Morgan fingerprint density at radius 2 is 2.10 bits per heavy atom. The van der Waals surface area contributed by atoms with Gasteiger partial charge in [0.05, 0.1) is 11.5 Å². The van der Waals surface area contributed by atoms with Crippen LogP contribution < -0.4 is 10.6 Å². The van der Waals surface area contributed by atoms with Crippen LogP contribution in [0.3, 0.4) is 0 Å². The quantitative estimate of drug-likeness (QED) is 0.735. The molecule has 2 aliphatic rings. The summed E-state index contributed by atoms with van der Waals surface area (Å²) in [5, 5.41) is 6.39. The van der Waals surface area contributed by atoms with Crippen molar-refractivity contribution in [3.63, 3.8) is 0 Å². The minimum absolute atomic E-state index is 0.197. The summed E-state index contributed by atoms with van der Waals surface area (Å²) >= 11 is 0. The standard InChI is InChI=1S/C16H30N2O2/c1-16(9-5-10-17-13-16)15(19)18-11-6-12-20-14-7-3-2-4-8-14/h14,17H,2-13H2,1H3,(H,18,19). The van der Waals surface area contributed by atoms with Crippen molar-refractivity contribution < 1.29 is 9.53 Å². The van der Waals surface area contributed by atoms with Gasteiger partial charge in [-0.25, -0.2) is 0 Å². The molecule has 0 aromatic carbocycles. The van der Waals surface area contributed by atoms with Gasteiger partial charge in [0.25, 0.3) is 0 Å². The molecule has 4 heteroatoms. The molecule has 1 saturated heterocycles. The summed E-state index contributed by atoms with van der Waals surface area (Å²) in [5.41, 5.74) is -0.220. The molecule has 1 atom stereocenters. The summed E-state index contributed by atoms with van der Waals surface area (Å²) in [4.78, 5) is 12.2. The molecule has 1 heterocycles. The molecule has 0 spiro atoms. The summed E-state index contributed by atoms with van der Waals surface area (Å²) < 4.78 is 5.87. The Morgan fingerprint density at radius 3 is 2.80 bits per heavy atom. The molecule has 0 radical (unpaired) electrons. The van der Waals surface area contributed by atoms with Gasteiger partial charge < -0.3 is 15.4 Å². The average molecular weight is 282 g/mol. The molecule has 1 aliphatic heterocycles. The van der Waals surface area contributed by atoms with Crippen LogP contribution in [0, 0.1) is 5.41 Å². The zero-order valence-corrected chi connectivity index (χ0v) is 12.9. The van der Waals surface area contributed by atoms with Crippen LogP contribution in [0.4, 0.5) is 0 Å². The minimum Gasteiger partial charge on any atom is -0.378 e. The van der Waals surface area contributed by atoms with Crippen molar-refractivity contribution in [3.8, 4) is 0 Å². The lowest BCUT2D eigenvalue weighted by molar-refractivity contribution is -0.131. The van der Waals surface area contributed by atoms with Gasteiger partial charge in [-0.3, -0.25) is 4.79 Å². The molecule has 1 amide bonds. The second-order valence-electron chi connectivity index (χ2n) is 6.58. The van der Waals surface area contributed by atoms with E-state index in [1.807, 2.05) is 0 Å². The highest BCUT2D eigenvalue weighted by Gasteiger charge is 2.34. The van der Waals surface area contributed by atoms with Crippen LogP contribution in [-0.2, 0) is 9.53 Å². The first kappa shape index (κ1) is 15.8. The number of amides is 1. The molecule has 0 aromatic rings. The third-order valence-corrected chi connectivity index (χ3v) is 4.66. The lowest BCUT2D eigenvalue weighted by atomic mass is 9.82. The molecule has 1 saturated carbocycles. The molecule has 20 heavy (non-hydrogen) atoms. The van der Waals surface area contributed by atoms with Gasteiger partial charge in [-0.1, -0.05) is 19.3 Å². The highest BCUT2D eigenvalue weighted by molar-refractivity contribution is 5.82. The summed E-state index contributed by atoms with van der Waals surface area (Å²) in [6.45, 7) is 5.42. The smallest absolute Gasteiger partial charge is 0.227 e. The SMILES string of the molecule is CC1(C(=O)NCCCOC2CCCCC2)CCCNC1. The van der Waals surface area contributed by atoms with Crippen LogP contribution >= 0.6 is 0 Å². The largest absolute Gasteiger partial charge is 0.378 e. The number of carbonyl (C=O) groups is 1. The van der Waals surface area contributed by atoms with Crippen molar-refractivity contribution in [2.24, 2.45) is 5.41 Å². The number of piperidine rings is 1. The fourth-order valence-corrected chi connectivity index (χ4v) is 3.22. The first-order valence-corrected chi connectivity index (χ1v) is 8.31. The molecule has 4 nitrogen and oxygen atoms in total. The highest BCUT2D eigenvalue weighted by Crippen LogP contribution is 2.25. The van der Waals surface area contributed by atoms with E-state index in [0.29, 0.717) is 6.10 Å². The maximum Gasteiger partial charge on any atom is 0.227 e. The molecule has 1 aliphatic carbocycles. The van der Waals surface area contributed by atoms with Gasteiger partial charge in [0.2, 0.25) is 5.91 Å². The minimum atomic E-state index is -0.220. The predicted molar refractivity (Wildman–Crippen MR) is 80.7 cm³/mol. The third-order valence-electron chi connectivity index (χ3n) is 4.66. The van der Waals surface area contributed by atoms with Crippen LogP contribution in [-0.4, -0.2) is 38.3 Å². The van der Waals surface area contributed by atoms with Gasteiger partial charge in [-0.05, 0) is 45.6 Å². The fraction of sp³-hybridized carbons (Fsp3) is 0.938. The van der Waals surface area contributed by atoms with Crippen molar-refractivity contribution in [2.75, 3.05) is 26.2 Å². The molecule has 1 unspecified atom stereocenters. The number of ether oxygens (including phenoxy) is 1. The van der Waals surface area contributed by atoms with Crippen molar-refractivity contribution in [3.05, 3.63) is 0 Å². The molecule has 2 rings (SSSR count). The first-order valence-electron chi connectivity index (χ1n) is 8.31. The third kappa shape index (κ3) is 4.74. The second kappa shape index (κ2) is 7.99. The van der Waals surface area contributed by atoms with Gasteiger partial charge >= 0.3 is 0 Å². The number of hydrogen-bond acceptors (Lipinski definition) is 3. The highest BCUT2D eigenvalue weighted by atomic mass is 16.5. The Labute approximate surface area is 123 Å². The number of nitrogens with one attached hydrogen (secondary N) is 2. The van der Waals surface area contributed by atoms with E-state index in [1.54, 1.807) is 0 Å². The van der Waals surface area contributed by atoms with Gasteiger partial charge in [0.1, 0.15) is 0 Å². The Hall–Kier alpha value is -0.610. The summed E-state index contributed by atoms with van der Waals surface area (Å²) in [5.74, 6) is 0.197.